The van der Waals surface area contributed by atoms with E-state index in [0.717, 1.165) is 22.3 Å². The molecule has 0 atom stereocenters. The van der Waals surface area contributed by atoms with Crippen LogP contribution in [0.5, 0.6) is 0 Å². The van der Waals surface area contributed by atoms with Gasteiger partial charge in [-0.1, -0.05) is 12.1 Å². The van der Waals surface area contributed by atoms with Crippen molar-refractivity contribution in [1.82, 2.24) is 28.6 Å². The smallest absolute Gasteiger partial charge is 0.320 e. The molecule has 0 unspecified atom stereocenters. The van der Waals surface area contributed by atoms with Gasteiger partial charge in [-0.15, -0.1) is 10.2 Å². The molecule has 3 aromatic heterocycles. The van der Waals surface area contributed by atoms with Crippen LogP contribution in [0.15, 0.2) is 53.8 Å². The number of alkyl halides is 3. The van der Waals surface area contributed by atoms with E-state index in [1.54, 1.807) is 41.0 Å². The molecule has 0 radical (unpaired) electrons. The third kappa shape index (κ3) is 4.79. The molecule has 1 aromatic carbocycles. The number of aromatic nitrogens is 5. The number of nitrogens with zero attached hydrogens (tertiary/aromatic N) is 6. The highest BCUT2D eigenvalue weighted by Gasteiger charge is 2.34. The quantitative estimate of drug-likeness (QED) is 0.369. The highest BCUT2D eigenvalue weighted by Crippen LogP contribution is 2.33. The third-order valence-corrected chi connectivity index (χ3v) is 5.57. The number of pyridine rings is 1. The highest BCUT2D eigenvalue weighted by molar-refractivity contribution is 5.58. The lowest BCUT2D eigenvalue weighted by atomic mass is 10.1. The Morgan fingerprint density at radius 2 is 1.94 bits per heavy atom. The van der Waals surface area contributed by atoms with Gasteiger partial charge in [-0.3, -0.25) is 8.97 Å². The Morgan fingerprint density at radius 1 is 1.15 bits per heavy atom. The van der Waals surface area contributed by atoms with Crippen molar-refractivity contribution in [3.8, 4) is 5.69 Å². The molecule has 8 nitrogen and oxygen atoms in total. The fourth-order valence-electron chi connectivity index (χ4n) is 3.87. The van der Waals surface area contributed by atoms with Crippen molar-refractivity contribution in [2.24, 2.45) is 7.05 Å². The minimum absolute atomic E-state index is 0.164. The Bertz CT molecular complexity index is 1390. The summed E-state index contributed by atoms with van der Waals surface area (Å²) >= 11 is 0. The van der Waals surface area contributed by atoms with E-state index in [2.05, 4.69) is 10.2 Å². The summed E-state index contributed by atoms with van der Waals surface area (Å²) in [6.07, 6.45) is 1.05. The maximum absolute atomic E-state index is 13.9. The molecule has 0 aliphatic heterocycles. The summed E-state index contributed by atoms with van der Waals surface area (Å²) in [4.78, 5) is 25.5. The van der Waals surface area contributed by atoms with Gasteiger partial charge >= 0.3 is 11.9 Å². The van der Waals surface area contributed by atoms with Crippen LogP contribution in [-0.4, -0.2) is 48.5 Å². The lowest BCUT2D eigenvalue weighted by molar-refractivity contribution is -0.136. The van der Waals surface area contributed by atoms with E-state index in [1.165, 1.54) is 17.0 Å². The van der Waals surface area contributed by atoms with E-state index < -0.39 is 17.4 Å². The minimum atomic E-state index is -4.64. The van der Waals surface area contributed by atoms with Crippen molar-refractivity contribution in [2.45, 2.75) is 25.6 Å². The SMILES string of the molecule is CN(CCC=O)Cc1cc(C(F)(F)F)c2cn(-c3cccc(Cc4nncn4C)c3)c(=O)n2c1. The third-order valence-electron chi connectivity index (χ3n) is 5.57. The van der Waals surface area contributed by atoms with Crippen LogP contribution in [0.25, 0.3) is 11.2 Å². The molecular weight excluding hydrogens is 449 g/mol. The standard InChI is InChI=1S/C23H23F3N6O2/c1-29(7-4-8-33)12-17-10-19(23(24,25)26)20-14-31(22(34)32(20)13-17)18-6-3-5-16(9-18)11-21-28-27-15-30(21)2/h3,5-6,8-10,13-15H,4,7,11-12H2,1-2H3. The molecule has 3 heterocycles. The van der Waals surface area contributed by atoms with Crippen molar-refractivity contribution in [2.75, 3.05) is 13.6 Å². The van der Waals surface area contributed by atoms with Crippen molar-refractivity contribution < 1.29 is 18.0 Å². The maximum Gasteiger partial charge on any atom is 0.418 e. The number of imidazole rings is 1. The van der Waals surface area contributed by atoms with E-state index in [-0.39, 0.29) is 18.5 Å². The first-order valence-electron chi connectivity index (χ1n) is 10.6. The number of benzene rings is 1. The van der Waals surface area contributed by atoms with Crippen LogP contribution in [0.4, 0.5) is 13.2 Å². The molecular formula is C23H23F3N6O2. The lowest BCUT2D eigenvalue weighted by Gasteiger charge is -2.17. The van der Waals surface area contributed by atoms with Crippen molar-refractivity contribution in [3.63, 3.8) is 0 Å². The van der Waals surface area contributed by atoms with Crippen LogP contribution in [0.3, 0.4) is 0 Å². The summed E-state index contributed by atoms with van der Waals surface area (Å²) in [5.41, 5.74) is -0.108. The molecule has 4 aromatic rings. The predicted molar refractivity (Wildman–Crippen MR) is 119 cm³/mol. The molecule has 178 valence electrons. The lowest BCUT2D eigenvalue weighted by Crippen LogP contribution is -2.22. The van der Waals surface area contributed by atoms with Crippen molar-refractivity contribution in [1.29, 1.82) is 0 Å². The van der Waals surface area contributed by atoms with Crippen molar-refractivity contribution in [3.05, 3.63) is 82.1 Å². The highest BCUT2D eigenvalue weighted by atomic mass is 19.4. The molecule has 0 spiro atoms. The van der Waals surface area contributed by atoms with E-state index in [9.17, 15) is 22.8 Å². The van der Waals surface area contributed by atoms with Gasteiger partial charge in [0.05, 0.1) is 16.8 Å². The molecule has 11 heteroatoms. The van der Waals surface area contributed by atoms with Gasteiger partial charge in [0.15, 0.2) is 0 Å². The zero-order chi connectivity index (χ0) is 24.5. The van der Waals surface area contributed by atoms with Crippen LogP contribution in [0, 0.1) is 0 Å². The van der Waals surface area contributed by atoms with Gasteiger partial charge in [-0.2, -0.15) is 13.2 Å². The van der Waals surface area contributed by atoms with Crippen LogP contribution in [0.2, 0.25) is 0 Å². The fourth-order valence-corrected chi connectivity index (χ4v) is 3.87. The first-order valence-corrected chi connectivity index (χ1v) is 10.6. The first kappa shape index (κ1) is 23.4. The monoisotopic (exact) mass is 472 g/mol. The fraction of sp³-hybridized carbons (Fsp3) is 0.304. The molecule has 0 N–H and O–H groups in total. The zero-order valence-electron chi connectivity index (χ0n) is 18.7. The Labute approximate surface area is 192 Å². The molecule has 0 saturated carbocycles. The summed E-state index contributed by atoms with van der Waals surface area (Å²) in [7, 11) is 3.52. The second kappa shape index (κ2) is 9.26. The number of aryl methyl sites for hydroxylation is 1. The van der Waals surface area contributed by atoms with Gasteiger partial charge in [0.2, 0.25) is 0 Å². The number of carbonyl (C=O) groups excluding carboxylic acids is 1. The minimum Gasteiger partial charge on any atom is -0.320 e. The molecule has 0 fully saturated rings. The number of hydrogen-bond acceptors (Lipinski definition) is 5. The van der Waals surface area contributed by atoms with Crippen LogP contribution in [0.1, 0.15) is 28.9 Å². The Kier molecular flexibility index (Phi) is 6.38. The Morgan fingerprint density at radius 3 is 2.62 bits per heavy atom. The average Bonchev–Trinajstić information content (AvgIpc) is 3.34. The van der Waals surface area contributed by atoms with Gasteiger partial charge < -0.3 is 14.3 Å². The van der Waals surface area contributed by atoms with Gasteiger partial charge in [0.1, 0.15) is 18.4 Å². The van der Waals surface area contributed by atoms with Crippen molar-refractivity contribution >= 4 is 11.8 Å². The summed E-state index contributed by atoms with van der Waals surface area (Å²) in [5, 5.41) is 7.89. The number of fused-ring (bicyclic) bond motifs is 1. The topological polar surface area (TPSA) is 77.4 Å². The molecule has 4 rings (SSSR count). The number of carbonyl (C=O) groups is 1. The van der Waals surface area contributed by atoms with Crippen LogP contribution < -0.4 is 5.69 Å². The van der Waals surface area contributed by atoms with Gasteiger partial charge in [-0.05, 0) is 36.4 Å². The summed E-state index contributed by atoms with van der Waals surface area (Å²) in [5.74, 6) is 0.717. The molecule has 34 heavy (non-hydrogen) atoms. The second-order valence-corrected chi connectivity index (χ2v) is 8.19. The molecule has 0 bridgehead atoms. The molecule has 0 aliphatic carbocycles. The predicted octanol–water partition coefficient (Wildman–Crippen LogP) is 2.85. The zero-order valence-corrected chi connectivity index (χ0v) is 18.7. The Balaban J connectivity index is 1.77. The number of hydrogen-bond donors (Lipinski definition) is 0. The van der Waals surface area contributed by atoms with Gasteiger partial charge in [0.25, 0.3) is 0 Å². The molecule has 0 amide bonds. The van der Waals surface area contributed by atoms with Crippen LogP contribution in [-0.2, 0) is 31.0 Å². The van der Waals surface area contributed by atoms with E-state index in [1.807, 2.05) is 13.1 Å². The number of halogens is 3. The largest absolute Gasteiger partial charge is 0.418 e. The van der Waals surface area contributed by atoms with Gasteiger partial charge in [-0.25, -0.2) is 4.79 Å². The Hall–Kier alpha value is -3.73. The normalized spacial score (nSPS) is 12.1. The summed E-state index contributed by atoms with van der Waals surface area (Å²) in [6, 6.07) is 8.07. The van der Waals surface area contributed by atoms with E-state index >= 15 is 0 Å². The average molecular weight is 472 g/mol. The molecule has 0 aliphatic rings. The second-order valence-electron chi connectivity index (χ2n) is 8.19. The number of rotatable bonds is 8. The summed E-state index contributed by atoms with van der Waals surface area (Å²) < 4.78 is 45.7. The first-order chi connectivity index (χ1) is 16.2. The van der Waals surface area contributed by atoms with Gasteiger partial charge in [0, 0.05) is 45.4 Å². The summed E-state index contributed by atoms with van der Waals surface area (Å²) in [6.45, 7) is 0.564. The van der Waals surface area contributed by atoms with Crippen LogP contribution >= 0.6 is 0 Å². The van der Waals surface area contributed by atoms with E-state index in [0.29, 0.717) is 30.0 Å². The van der Waals surface area contributed by atoms with E-state index in [4.69, 9.17) is 0 Å². The number of aldehydes is 1. The molecule has 0 saturated heterocycles. The maximum atomic E-state index is 13.9.